The highest BCUT2D eigenvalue weighted by molar-refractivity contribution is 8.26. The number of carbonyl (C=O) groups is 1. The van der Waals surface area contributed by atoms with Crippen LogP contribution < -0.4 is 10.1 Å². The first-order chi connectivity index (χ1) is 14.6. The Hall–Kier alpha value is -2.67. The van der Waals surface area contributed by atoms with Crippen LogP contribution in [0.1, 0.15) is 27.5 Å². The molecule has 0 aliphatic carbocycles. The minimum atomic E-state index is -0.162. The van der Waals surface area contributed by atoms with Crippen molar-refractivity contribution in [1.29, 1.82) is 0 Å². The molecule has 1 saturated heterocycles. The average molecular weight is 448 g/mol. The van der Waals surface area contributed by atoms with Gasteiger partial charge in [0.1, 0.15) is 15.8 Å². The molecule has 3 nitrogen and oxygen atoms in total. The van der Waals surface area contributed by atoms with Gasteiger partial charge in [-0.25, -0.2) is 0 Å². The van der Waals surface area contributed by atoms with E-state index in [0.717, 1.165) is 33.1 Å². The molecule has 2 aliphatic heterocycles. The number of benzene rings is 2. The average Bonchev–Trinajstić information content (AvgIpc) is 3.38. The van der Waals surface area contributed by atoms with Crippen LogP contribution in [0, 0.1) is 6.92 Å². The molecule has 3 heterocycles. The van der Waals surface area contributed by atoms with Gasteiger partial charge in [0.25, 0.3) is 5.91 Å². The van der Waals surface area contributed by atoms with Crippen molar-refractivity contribution in [2.45, 2.75) is 12.8 Å². The number of hydrogen-bond donors (Lipinski definition) is 1. The zero-order chi connectivity index (χ0) is 20.7. The molecule has 0 spiro atoms. The van der Waals surface area contributed by atoms with E-state index in [2.05, 4.69) is 42.6 Å². The Morgan fingerprint density at radius 3 is 2.57 bits per heavy atom. The summed E-state index contributed by atoms with van der Waals surface area (Å²) in [6, 6.07) is 20.7. The van der Waals surface area contributed by atoms with Gasteiger partial charge in [-0.3, -0.25) is 4.79 Å². The second-order valence-electron chi connectivity index (χ2n) is 7.10. The Labute approximate surface area is 188 Å². The fraction of sp³-hybridized carbons (Fsp3) is 0.0833. The summed E-state index contributed by atoms with van der Waals surface area (Å²) < 4.78 is 6.89. The number of thiophene rings is 1. The minimum absolute atomic E-state index is 0.0530. The van der Waals surface area contributed by atoms with E-state index in [1.54, 1.807) is 11.3 Å². The van der Waals surface area contributed by atoms with Gasteiger partial charge in [0.15, 0.2) is 0 Å². The van der Waals surface area contributed by atoms with Gasteiger partial charge in [0.2, 0.25) is 0 Å². The first-order valence-electron chi connectivity index (χ1n) is 9.46. The van der Waals surface area contributed by atoms with Crippen LogP contribution in [0.2, 0.25) is 0 Å². The van der Waals surface area contributed by atoms with Crippen molar-refractivity contribution in [3.63, 3.8) is 0 Å². The van der Waals surface area contributed by atoms with Crippen LogP contribution in [0.4, 0.5) is 0 Å². The summed E-state index contributed by atoms with van der Waals surface area (Å²) in [5, 5.41) is 4.75. The fourth-order valence-corrected chi connectivity index (χ4v) is 5.47. The number of rotatable bonds is 3. The van der Waals surface area contributed by atoms with Crippen molar-refractivity contribution in [3.8, 4) is 5.75 Å². The molecular formula is C24H17NO2S3. The Balaban J connectivity index is 1.77. The smallest absolute Gasteiger partial charge is 0.263 e. The molecule has 0 saturated carbocycles. The van der Waals surface area contributed by atoms with Crippen molar-refractivity contribution >= 4 is 51.3 Å². The molecule has 0 radical (unpaired) electrons. The minimum Gasteiger partial charge on any atom is -0.455 e. The van der Waals surface area contributed by atoms with Gasteiger partial charge < -0.3 is 10.1 Å². The molecule has 148 valence electrons. The molecule has 0 unspecified atom stereocenters. The van der Waals surface area contributed by atoms with Gasteiger partial charge in [-0.2, -0.15) is 0 Å². The molecule has 1 amide bonds. The summed E-state index contributed by atoms with van der Waals surface area (Å²) in [5.41, 5.74) is 4.41. The predicted octanol–water partition coefficient (Wildman–Crippen LogP) is 6.02. The van der Waals surface area contributed by atoms with Gasteiger partial charge in [-0.05, 0) is 36.1 Å². The van der Waals surface area contributed by atoms with E-state index in [9.17, 15) is 4.79 Å². The van der Waals surface area contributed by atoms with Crippen molar-refractivity contribution in [2.75, 3.05) is 0 Å². The summed E-state index contributed by atoms with van der Waals surface area (Å²) in [6.07, 6.45) is 1.94. The molecule has 5 rings (SSSR count). The standard InChI is InChI=1S/C24H17NO2S3/c1-14-8-10-15(11-9-14)21-16-5-2-3-6-18(16)27-22(19-7-4-12-29-19)17(21)13-20-23(26)25-24(28)30-20/h2-13,21H,1H3,(H,25,26,28)/b20-13-/t21-/m1/s1. The summed E-state index contributed by atoms with van der Waals surface area (Å²) in [6.45, 7) is 2.08. The summed E-state index contributed by atoms with van der Waals surface area (Å²) >= 11 is 8.11. The van der Waals surface area contributed by atoms with E-state index in [4.69, 9.17) is 17.0 Å². The highest BCUT2D eigenvalue weighted by Gasteiger charge is 2.33. The summed E-state index contributed by atoms with van der Waals surface area (Å²) in [4.78, 5) is 14.1. The molecule has 2 aliphatic rings. The van der Waals surface area contributed by atoms with E-state index >= 15 is 0 Å². The number of ether oxygens (including phenoxy) is 1. The van der Waals surface area contributed by atoms with Gasteiger partial charge in [0, 0.05) is 17.1 Å². The van der Waals surface area contributed by atoms with E-state index in [-0.39, 0.29) is 11.8 Å². The number of hydrogen-bond acceptors (Lipinski definition) is 5. The van der Waals surface area contributed by atoms with Crippen molar-refractivity contribution < 1.29 is 9.53 Å². The van der Waals surface area contributed by atoms with Crippen LogP contribution in [0.15, 0.2) is 82.6 Å². The number of thioether (sulfide) groups is 1. The molecule has 1 aromatic heterocycles. The van der Waals surface area contributed by atoms with Crippen LogP contribution in [0.25, 0.3) is 5.76 Å². The van der Waals surface area contributed by atoms with Gasteiger partial charge in [-0.15, -0.1) is 11.3 Å². The highest BCUT2D eigenvalue weighted by atomic mass is 32.2. The number of nitrogens with one attached hydrogen (secondary N) is 1. The third-order valence-electron chi connectivity index (χ3n) is 5.10. The Kier molecular flexibility index (Phi) is 5.06. The third-order valence-corrected chi connectivity index (χ3v) is 7.13. The molecule has 1 atom stereocenters. The molecule has 0 bridgehead atoms. The molecule has 1 N–H and O–H groups in total. The lowest BCUT2D eigenvalue weighted by Crippen LogP contribution is -2.19. The van der Waals surface area contributed by atoms with E-state index in [1.807, 2.05) is 41.8 Å². The zero-order valence-corrected chi connectivity index (χ0v) is 18.5. The van der Waals surface area contributed by atoms with Crippen LogP contribution in [0.5, 0.6) is 5.75 Å². The normalized spacial score (nSPS) is 19.6. The van der Waals surface area contributed by atoms with E-state index in [1.165, 1.54) is 17.3 Å². The van der Waals surface area contributed by atoms with Crippen molar-refractivity contribution in [1.82, 2.24) is 5.32 Å². The lowest BCUT2D eigenvalue weighted by molar-refractivity contribution is -0.115. The van der Waals surface area contributed by atoms with E-state index in [0.29, 0.717) is 9.23 Å². The maximum atomic E-state index is 12.4. The molecular weight excluding hydrogens is 430 g/mol. The van der Waals surface area contributed by atoms with Crippen LogP contribution in [-0.4, -0.2) is 10.2 Å². The molecule has 3 aromatic rings. The number of thiocarbonyl (C=S) groups is 1. The second kappa shape index (κ2) is 7.87. The van der Waals surface area contributed by atoms with Gasteiger partial charge >= 0.3 is 0 Å². The Morgan fingerprint density at radius 1 is 1.07 bits per heavy atom. The Morgan fingerprint density at radius 2 is 1.87 bits per heavy atom. The van der Waals surface area contributed by atoms with E-state index < -0.39 is 0 Å². The summed E-state index contributed by atoms with van der Waals surface area (Å²) in [5.74, 6) is 1.41. The fourth-order valence-electron chi connectivity index (χ4n) is 3.71. The largest absolute Gasteiger partial charge is 0.455 e. The second-order valence-corrected chi connectivity index (χ2v) is 9.76. The maximum absolute atomic E-state index is 12.4. The van der Waals surface area contributed by atoms with Crippen molar-refractivity contribution in [2.24, 2.45) is 0 Å². The molecule has 2 aromatic carbocycles. The molecule has 30 heavy (non-hydrogen) atoms. The lowest BCUT2D eigenvalue weighted by Gasteiger charge is -2.30. The number of amides is 1. The molecule has 6 heteroatoms. The monoisotopic (exact) mass is 447 g/mol. The topological polar surface area (TPSA) is 38.3 Å². The van der Waals surface area contributed by atoms with Crippen LogP contribution in [0.3, 0.4) is 0 Å². The number of aryl methyl sites for hydroxylation is 1. The SMILES string of the molecule is Cc1ccc([C@H]2C(/C=C3\SC(=S)NC3=O)=C(c3cccs3)Oc3ccccc32)cc1. The lowest BCUT2D eigenvalue weighted by atomic mass is 9.81. The molecule has 1 fully saturated rings. The first-order valence-corrected chi connectivity index (χ1v) is 11.6. The quantitative estimate of drug-likeness (QED) is 0.393. The first kappa shape index (κ1) is 19.3. The predicted molar refractivity (Wildman–Crippen MR) is 128 cm³/mol. The van der Waals surface area contributed by atoms with Crippen molar-refractivity contribution in [3.05, 3.63) is 104 Å². The number of allylic oxidation sites excluding steroid dienone is 2. The van der Waals surface area contributed by atoms with Crippen LogP contribution in [-0.2, 0) is 4.79 Å². The number of para-hydroxylation sites is 1. The highest BCUT2D eigenvalue weighted by Crippen LogP contribution is 2.47. The Bertz CT molecular complexity index is 1210. The van der Waals surface area contributed by atoms with Gasteiger partial charge in [-0.1, -0.05) is 78.1 Å². The maximum Gasteiger partial charge on any atom is 0.263 e. The van der Waals surface area contributed by atoms with Gasteiger partial charge in [0.05, 0.1) is 9.78 Å². The number of fused-ring (bicyclic) bond motifs is 1. The number of carbonyl (C=O) groups excluding carboxylic acids is 1. The van der Waals surface area contributed by atoms with Crippen LogP contribution >= 0.6 is 35.3 Å². The zero-order valence-electron chi connectivity index (χ0n) is 16.0. The summed E-state index contributed by atoms with van der Waals surface area (Å²) in [7, 11) is 0. The third kappa shape index (κ3) is 3.51.